The second kappa shape index (κ2) is 8.42. The molecule has 1 heterocycles. The lowest BCUT2D eigenvalue weighted by molar-refractivity contribution is -0.145. The molecular formula is C25H28N2O3. The average molecular weight is 405 g/mol. The first kappa shape index (κ1) is 20.3. The molecule has 5 nitrogen and oxygen atoms in total. The second-order valence-electron chi connectivity index (χ2n) is 8.58. The van der Waals surface area contributed by atoms with E-state index in [2.05, 4.69) is 17.4 Å². The van der Waals surface area contributed by atoms with Crippen LogP contribution in [-0.2, 0) is 14.4 Å². The number of rotatable bonds is 5. The molecule has 30 heavy (non-hydrogen) atoms. The van der Waals surface area contributed by atoms with Gasteiger partial charge in [0.2, 0.25) is 17.7 Å². The molecule has 5 heteroatoms. The summed E-state index contributed by atoms with van der Waals surface area (Å²) < 4.78 is 0. The lowest BCUT2D eigenvalue weighted by atomic mass is 9.73. The molecular weight excluding hydrogens is 376 g/mol. The third-order valence-electron chi connectivity index (χ3n) is 6.50. The Labute approximate surface area is 177 Å². The largest absolute Gasteiger partial charge is 0.348 e. The van der Waals surface area contributed by atoms with Crippen LogP contribution in [0.4, 0.5) is 0 Å². The summed E-state index contributed by atoms with van der Waals surface area (Å²) in [5.74, 6) is -0.664. The Morgan fingerprint density at radius 1 is 0.967 bits per heavy atom. The van der Waals surface area contributed by atoms with Crippen molar-refractivity contribution in [1.82, 2.24) is 10.2 Å². The molecule has 2 fully saturated rings. The monoisotopic (exact) mass is 404 g/mol. The van der Waals surface area contributed by atoms with Gasteiger partial charge in [0.05, 0.1) is 11.5 Å². The molecule has 4 rings (SSSR count). The van der Waals surface area contributed by atoms with Crippen LogP contribution in [0, 0.1) is 5.41 Å². The smallest absolute Gasteiger partial charge is 0.240 e. The number of nitrogens with one attached hydrogen (secondary N) is 1. The standard InChI is InChI=1S/C25H28N2O3/c1-18(19-10-12-21(13-11-19)20-8-4-2-5-9-20)26-22(28)17-27-23(29)16-25(24(27)30)14-6-3-7-15-25/h2,4-5,8-13,18H,3,6-7,14-17H2,1H3,(H,26,28)/t18-/m0/s1. The van der Waals surface area contributed by atoms with Crippen molar-refractivity contribution in [3.63, 3.8) is 0 Å². The zero-order valence-corrected chi connectivity index (χ0v) is 17.4. The van der Waals surface area contributed by atoms with Crippen LogP contribution >= 0.6 is 0 Å². The maximum atomic E-state index is 12.9. The molecule has 1 saturated heterocycles. The Hall–Kier alpha value is -2.95. The predicted octanol–water partition coefficient (Wildman–Crippen LogP) is 4.24. The van der Waals surface area contributed by atoms with Crippen LogP contribution < -0.4 is 5.32 Å². The first-order valence-electron chi connectivity index (χ1n) is 10.8. The topological polar surface area (TPSA) is 66.5 Å². The molecule has 1 aliphatic heterocycles. The summed E-state index contributed by atoms with van der Waals surface area (Å²) in [4.78, 5) is 39.1. The normalized spacial score (nSPS) is 19.2. The van der Waals surface area contributed by atoms with E-state index in [-0.39, 0.29) is 36.7 Å². The highest BCUT2D eigenvalue weighted by Crippen LogP contribution is 2.45. The van der Waals surface area contributed by atoms with Gasteiger partial charge in [0.15, 0.2) is 0 Å². The van der Waals surface area contributed by atoms with Crippen LogP contribution in [0.1, 0.15) is 57.1 Å². The number of imide groups is 1. The lowest BCUT2D eigenvalue weighted by Crippen LogP contribution is -2.43. The van der Waals surface area contributed by atoms with Crippen LogP contribution in [0.15, 0.2) is 54.6 Å². The number of hydrogen-bond acceptors (Lipinski definition) is 3. The highest BCUT2D eigenvalue weighted by atomic mass is 16.2. The van der Waals surface area contributed by atoms with Crippen LogP contribution in [0.2, 0.25) is 0 Å². The minimum atomic E-state index is -0.547. The Balaban J connectivity index is 1.37. The molecule has 1 saturated carbocycles. The zero-order chi connectivity index (χ0) is 21.1. The number of hydrogen-bond donors (Lipinski definition) is 1. The maximum Gasteiger partial charge on any atom is 0.240 e. The first-order chi connectivity index (χ1) is 14.5. The van der Waals surface area contributed by atoms with Crippen LogP contribution in [0.5, 0.6) is 0 Å². The second-order valence-corrected chi connectivity index (χ2v) is 8.58. The molecule has 1 atom stereocenters. The van der Waals surface area contributed by atoms with Gasteiger partial charge < -0.3 is 5.32 Å². The number of benzene rings is 2. The van der Waals surface area contributed by atoms with Crippen molar-refractivity contribution in [3.05, 3.63) is 60.2 Å². The molecule has 0 bridgehead atoms. The van der Waals surface area contributed by atoms with Crippen molar-refractivity contribution < 1.29 is 14.4 Å². The summed E-state index contributed by atoms with van der Waals surface area (Å²) in [5, 5.41) is 2.93. The van der Waals surface area contributed by atoms with Gasteiger partial charge in [0, 0.05) is 6.42 Å². The molecule has 0 aromatic heterocycles. The Kier molecular flexibility index (Phi) is 5.71. The molecule has 2 aliphatic rings. The van der Waals surface area contributed by atoms with Crippen molar-refractivity contribution in [2.75, 3.05) is 6.54 Å². The van der Waals surface area contributed by atoms with Crippen LogP contribution in [0.25, 0.3) is 11.1 Å². The zero-order valence-electron chi connectivity index (χ0n) is 17.4. The van der Waals surface area contributed by atoms with Gasteiger partial charge in [-0.1, -0.05) is 73.9 Å². The fourth-order valence-corrected chi connectivity index (χ4v) is 4.75. The third kappa shape index (κ3) is 4.02. The summed E-state index contributed by atoms with van der Waals surface area (Å²) >= 11 is 0. The van der Waals surface area contributed by atoms with E-state index in [1.807, 2.05) is 49.4 Å². The third-order valence-corrected chi connectivity index (χ3v) is 6.50. The molecule has 2 aromatic carbocycles. The van der Waals surface area contributed by atoms with E-state index < -0.39 is 5.41 Å². The molecule has 0 unspecified atom stereocenters. The van der Waals surface area contributed by atoms with Gasteiger partial charge in [0.25, 0.3) is 0 Å². The number of carbonyl (C=O) groups is 3. The summed E-state index contributed by atoms with van der Waals surface area (Å²) in [6.07, 6.45) is 4.86. The van der Waals surface area contributed by atoms with Crippen molar-refractivity contribution >= 4 is 17.7 Å². The average Bonchev–Trinajstić information content (AvgIpc) is 2.98. The van der Waals surface area contributed by atoms with Crippen molar-refractivity contribution in [2.45, 2.75) is 51.5 Å². The predicted molar refractivity (Wildman–Crippen MR) is 115 cm³/mol. The van der Waals surface area contributed by atoms with Crippen molar-refractivity contribution in [3.8, 4) is 11.1 Å². The van der Waals surface area contributed by atoms with Crippen molar-refractivity contribution in [2.24, 2.45) is 5.41 Å². The molecule has 0 radical (unpaired) electrons. The van der Waals surface area contributed by atoms with Crippen molar-refractivity contribution in [1.29, 1.82) is 0 Å². The van der Waals surface area contributed by atoms with E-state index in [1.54, 1.807) is 0 Å². The van der Waals surface area contributed by atoms with Gasteiger partial charge in [-0.3, -0.25) is 19.3 Å². The first-order valence-corrected chi connectivity index (χ1v) is 10.8. The van der Waals surface area contributed by atoms with E-state index in [4.69, 9.17) is 0 Å². The van der Waals surface area contributed by atoms with Gasteiger partial charge in [-0.25, -0.2) is 0 Å². The van der Waals surface area contributed by atoms with Gasteiger partial charge in [-0.15, -0.1) is 0 Å². The Morgan fingerprint density at radius 3 is 2.27 bits per heavy atom. The summed E-state index contributed by atoms with van der Waals surface area (Å²) in [7, 11) is 0. The number of nitrogens with zero attached hydrogens (tertiary/aromatic N) is 1. The fourth-order valence-electron chi connectivity index (χ4n) is 4.75. The van der Waals surface area contributed by atoms with E-state index >= 15 is 0 Å². The molecule has 2 aromatic rings. The SMILES string of the molecule is C[C@H](NC(=O)CN1C(=O)CC2(CCCCC2)C1=O)c1ccc(-c2ccccc2)cc1. The maximum absolute atomic E-state index is 12.9. The lowest BCUT2D eigenvalue weighted by Gasteiger charge is -2.30. The summed E-state index contributed by atoms with van der Waals surface area (Å²) in [6.45, 7) is 1.72. The van der Waals surface area contributed by atoms with Gasteiger partial charge in [-0.05, 0) is 36.5 Å². The van der Waals surface area contributed by atoms with Crippen LogP contribution in [0.3, 0.4) is 0 Å². The fraction of sp³-hybridized carbons (Fsp3) is 0.400. The van der Waals surface area contributed by atoms with E-state index in [0.717, 1.165) is 48.8 Å². The molecule has 3 amide bonds. The van der Waals surface area contributed by atoms with Gasteiger partial charge >= 0.3 is 0 Å². The highest BCUT2D eigenvalue weighted by Gasteiger charge is 2.51. The number of carbonyl (C=O) groups excluding carboxylic acids is 3. The van der Waals surface area contributed by atoms with E-state index in [0.29, 0.717) is 0 Å². The van der Waals surface area contributed by atoms with Gasteiger partial charge in [-0.2, -0.15) is 0 Å². The molecule has 1 aliphatic carbocycles. The molecule has 1 N–H and O–H groups in total. The summed E-state index contributed by atoms with van der Waals surface area (Å²) in [6, 6.07) is 18.0. The van der Waals surface area contributed by atoms with E-state index in [1.165, 1.54) is 4.90 Å². The highest BCUT2D eigenvalue weighted by molar-refractivity contribution is 6.08. The quantitative estimate of drug-likeness (QED) is 0.758. The summed E-state index contributed by atoms with van der Waals surface area (Å²) in [5.41, 5.74) is 2.69. The molecule has 1 spiro atoms. The number of likely N-dealkylation sites (tertiary alicyclic amines) is 1. The molecule has 156 valence electrons. The van der Waals surface area contributed by atoms with Crippen LogP contribution in [-0.4, -0.2) is 29.2 Å². The minimum absolute atomic E-state index is 0.151. The van der Waals surface area contributed by atoms with E-state index in [9.17, 15) is 14.4 Å². The minimum Gasteiger partial charge on any atom is -0.348 e. The Morgan fingerprint density at radius 2 is 1.60 bits per heavy atom. The Bertz CT molecular complexity index is 931. The van der Waals surface area contributed by atoms with Gasteiger partial charge in [0.1, 0.15) is 6.54 Å². The number of amides is 3.